The summed E-state index contributed by atoms with van der Waals surface area (Å²) in [6.07, 6.45) is 0.289. The van der Waals surface area contributed by atoms with Gasteiger partial charge in [0.15, 0.2) is 0 Å². The first-order chi connectivity index (χ1) is 11.7. The van der Waals surface area contributed by atoms with Crippen LogP contribution < -0.4 is 15.2 Å². The van der Waals surface area contributed by atoms with Gasteiger partial charge in [-0.3, -0.25) is 4.79 Å². The molecule has 2 aromatic carbocycles. The summed E-state index contributed by atoms with van der Waals surface area (Å²) >= 11 is 5.88. The highest BCUT2D eigenvalue weighted by Gasteiger charge is 2.16. The number of ether oxygens (including phenoxy) is 1. The smallest absolute Gasteiger partial charge is 0.255 e. The molecule has 0 heterocycles. The molecule has 0 aliphatic carbocycles. The average molecular weight is 387 g/mol. The first-order valence-electron chi connectivity index (χ1n) is 7.15. The van der Waals surface area contributed by atoms with Gasteiger partial charge in [-0.15, -0.1) is 0 Å². The Bertz CT molecular complexity index is 903. The van der Waals surface area contributed by atoms with E-state index in [4.69, 9.17) is 21.5 Å². The second-order valence-electron chi connectivity index (χ2n) is 5.16. The van der Waals surface area contributed by atoms with Crippen LogP contribution in [0.15, 0.2) is 41.3 Å². The Kier molecular flexibility index (Phi) is 5.99. The van der Waals surface area contributed by atoms with Crippen molar-refractivity contribution >= 4 is 27.5 Å². The number of methoxy groups -OCH3 is 1. The Hall–Kier alpha value is -2.16. The molecule has 0 aliphatic rings. The van der Waals surface area contributed by atoms with Gasteiger partial charge in [-0.1, -0.05) is 17.7 Å². The summed E-state index contributed by atoms with van der Waals surface area (Å²) in [5.41, 5.74) is 0.795. The number of nitrogens with two attached hydrogens (primary N) is 1. The van der Waals surface area contributed by atoms with E-state index in [1.165, 1.54) is 19.2 Å². The summed E-state index contributed by atoms with van der Waals surface area (Å²) in [5, 5.41) is 8.02. The molecular weight excluding hydrogens is 371 g/mol. The molecule has 0 radical (unpaired) electrons. The van der Waals surface area contributed by atoms with Crippen molar-refractivity contribution < 1.29 is 22.3 Å². The molecule has 0 saturated heterocycles. The largest absolute Gasteiger partial charge is 0.496 e. The van der Waals surface area contributed by atoms with Gasteiger partial charge < -0.3 is 10.1 Å². The highest BCUT2D eigenvalue weighted by atomic mass is 35.5. The lowest BCUT2D eigenvalue weighted by Crippen LogP contribution is -2.26. The van der Waals surface area contributed by atoms with Crippen LogP contribution in [0.2, 0.25) is 5.02 Å². The van der Waals surface area contributed by atoms with Gasteiger partial charge in [-0.25, -0.2) is 17.9 Å². The predicted molar refractivity (Wildman–Crippen MR) is 91.8 cm³/mol. The van der Waals surface area contributed by atoms with E-state index in [1.54, 1.807) is 12.1 Å². The minimum absolute atomic E-state index is 0.199. The summed E-state index contributed by atoms with van der Waals surface area (Å²) in [5.74, 6) is -0.938. The van der Waals surface area contributed by atoms with Crippen molar-refractivity contribution in [3.63, 3.8) is 0 Å². The van der Waals surface area contributed by atoms with Gasteiger partial charge in [0.25, 0.3) is 5.91 Å². The SMILES string of the molecule is COc1ccc(Cl)cc1C(=O)NCCc1ccc(F)c(S(N)(=O)=O)c1. The zero-order valence-electron chi connectivity index (χ0n) is 13.3. The Morgan fingerprint density at radius 2 is 2.00 bits per heavy atom. The molecule has 2 aromatic rings. The molecule has 2 rings (SSSR count). The number of carbonyl (C=O) groups excluding carboxylic acids is 1. The molecule has 0 aromatic heterocycles. The number of carbonyl (C=O) groups is 1. The van der Waals surface area contributed by atoms with E-state index in [-0.39, 0.29) is 18.5 Å². The fourth-order valence-electron chi connectivity index (χ4n) is 2.19. The maximum Gasteiger partial charge on any atom is 0.255 e. The van der Waals surface area contributed by atoms with Crippen molar-refractivity contribution in [3.8, 4) is 5.75 Å². The third-order valence-corrected chi connectivity index (χ3v) is 4.57. The number of hydrogen-bond acceptors (Lipinski definition) is 4. The molecular formula is C16H16ClFN2O4S. The fraction of sp³-hybridized carbons (Fsp3) is 0.188. The number of benzene rings is 2. The molecule has 0 bridgehead atoms. The topological polar surface area (TPSA) is 98.5 Å². The predicted octanol–water partition coefficient (Wildman–Crippen LogP) is 2.11. The quantitative estimate of drug-likeness (QED) is 0.794. The number of rotatable bonds is 6. The first-order valence-corrected chi connectivity index (χ1v) is 9.08. The summed E-state index contributed by atoms with van der Waals surface area (Å²) in [4.78, 5) is 11.6. The van der Waals surface area contributed by atoms with Crippen molar-refractivity contribution in [1.29, 1.82) is 0 Å². The Labute approximate surface area is 149 Å². The van der Waals surface area contributed by atoms with Crippen LogP contribution in [0.4, 0.5) is 4.39 Å². The Morgan fingerprint density at radius 3 is 2.64 bits per heavy atom. The molecule has 0 saturated carbocycles. The van der Waals surface area contributed by atoms with Crippen LogP contribution in [0.5, 0.6) is 5.75 Å². The molecule has 0 fully saturated rings. The minimum Gasteiger partial charge on any atom is -0.496 e. The molecule has 0 spiro atoms. The van der Waals surface area contributed by atoms with Crippen molar-refractivity contribution in [2.75, 3.05) is 13.7 Å². The number of amides is 1. The third-order valence-electron chi connectivity index (χ3n) is 3.41. The van der Waals surface area contributed by atoms with Crippen LogP contribution in [0.1, 0.15) is 15.9 Å². The maximum atomic E-state index is 13.5. The lowest BCUT2D eigenvalue weighted by molar-refractivity contribution is 0.0951. The maximum absolute atomic E-state index is 13.5. The van der Waals surface area contributed by atoms with Gasteiger partial charge in [-0.2, -0.15) is 0 Å². The second kappa shape index (κ2) is 7.81. The van der Waals surface area contributed by atoms with E-state index in [0.717, 1.165) is 12.1 Å². The Balaban J connectivity index is 2.06. The van der Waals surface area contributed by atoms with E-state index < -0.39 is 26.6 Å². The lowest BCUT2D eigenvalue weighted by Gasteiger charge is -2.10. The zero-order chi connectivity index (χ0) is 18.6. The number of sulfonamides is 1. The lowest BCUT2D eigenvalue weighted by atomic mass is 10.1. The van der Waals surface area contributed by atoms with Gasteiger partial charge in [0.05, 0.1) is 12.7 Å². The average Bonchev–Trinajstić information content (AvgIpc) is 2.55. The molecule has 9 heteroatoms. The molecule has 6 nitrogen and oxygen atoms in total. The monoisotopic (exact) mass is 386 g/mol. The second-order valence-corrected chi connectivity index (χ2v) is 7.13. The molecule has 0 unspecified atom stereocenters. The van der Waals surface area contributed by atoms with Gasteiger partial charge in [-0.05, 0) is 42.3 Å². The number of nitrogens with one attached hydrogen (secondary N) is 1. The molecule has 0 atom stereocenters. The van der Waals surface area contributed by atoms with Gasteiger partial charge >= 0.3 is 0 Å². The molecule has 25 heavy (non-hydrogen) atoms. The normalized spacial score (nSPS) is 11.2. The van der Waals surface area contributed by atoms with Crippen molar-refractivity contribution in [3.05, 3.63) is 58.4 Å². The van der Waals surface area contributed by atoms with Gasteiger partial charge in [0, 0.05) is 11.6 Å². The highest BCUT2D eigenvalue weighted by molar-refractivity contribution is 7.89. The zero-order valence-corrected chi connectivity index (χ0v) is 14.8. The van der Waals surface area contributed by atoms with Crippen molar-refractivity contribution in [1.82, 2.24) is 5.32 Å². The minimum atomic E-state index is -4.15. The molecule has 3 N–H and O–H groups in total. The number of halogens is 2. The van der Waals surface area contributed by atoms with Crippen LogP contribution in [0.3, 0.4) is 0 Å². The summed E-state index contributed by atoms with van der Waals surface area (Å²) in [7, 11) is -2.71. The summed E-state index contributed by atoms with van der Waals surface area (Å²) < 4.78 is 41.2. The van der Waals surface area contributed by atoms with Crippen LogP contribution in [-0.4, -0.2) is 28.0 Å². The van der Waals surface area contributed by atoms with E-state index in [2.05, 4.69) is 5.32 Å². The molecule has 1 amide bonds. The van der Waals surface area contributed by atoms with Crippen LogP contribution in [0, 0.1) is 5.82 Å². The number of hydrogen-bond donors (Lipinski definition) is 2. The van der Waals surface area contributed by atoms with Gasteiger partial charge in [0.1, 0.15) is 16.5 Å². The van der Waals surface area contributed by atoms with Gasteiger partial charge in [0.2, 0.25) is 10.0 Å². The van der Waals surface area contributed by atoms with Crippen molar-refractivity contribution in [2.45, 2.75) is 11.3 Å². The first kappa shape index (κ1) is 19.2. The third kappa shape index (κ3) is 4.91. The number of primary sulfonamides is 1. The summed E-state index contributed by atoms with van der Waals surface area (Å²) in [6.45, 7) is 0.199. The molecule has 134 valence electrons. The molecule has 0 aliphatic heterocycles. The summed E-state index contributed by atoms with van der Waals surface area (Å²) in [6, 6.07) is 8.26. The highest BCUT2D eigenvalue weighted by Crippen LogP contribution is 2.22. The Morgan fingerprint density at radius 1 is 1.28 bits per heavy atom. The van der Waals surface area contributed by atoms with Crippen molar-refractivity contribution in [2.24, 2.45) is 5.14 Å². The van der Waals surface area contributed by atoms with E-state index in [1.807, 2.05) is 0 Å². The van der Waals surface area contributed by atoms with E-state index in [0.29, 0.717) is 16.3 Å². The van der Waals surface area contributed by atoms with E-state index >= 15 is 0 Å². The van der Waals surface area contributed by atoms with Crippen LogP contribution in [0.25, 0.3) is 0 Å². The van der Waals surface area contributed by atoms with Crippen LogP contribution >= 0.6 is 11.6 Å². The van der Waals surface area contributed by atoms with E-state index in [9.17, 15) is 17.6 Å². The standard InChI is InChI=1S/C16H16ClFN2O4S/c1-24-14-5-3-11(17)9-12(14)16(21)20-7-6-10-2-4-13(18)15(8-10)25(19,22)23/h2-5,8-9H,6-7H2,1H3,(H,20,21)(H2,19,22,23). The van der Waals surface area contributed by atoms with Crippen LogP contribution in [-0.2, 0) is 16.4 Å². The fourth-order valence-corrected chi connectivity index (χ4v) is 3.02.